The molecule has 0 aliphatic carbocycles. The number of nitrogens with one attached hydrogen (secondary N) is 1. The molecule has 0 aliphatic heterocycles. The molecule has 0 fully saturated rings. The molecule has 0 aliphatic rings. The number of aliphatic hydroxyl groups excluding tert-OH is 1. The summed E-state index contributed by atoms with van der Waals surface area (Å²) in [4.78, 5) is 0. The molecule has 12 heavy (non-hydrogen) atoms. The van der Waals surface area contributed by atoms with Crippen LogP contribution in [0.1, 0.15) is 20.8 Å². The van der Waals surface area contributed by atoms with Crippen molar-refractivity contribution >= 4 is 0 Å². The van der Waals surface area contributed by atoms with Gasteiger partial charge in [-0.05, 0) is 12.8 Å². The normalized spacial score (nSPS) is 13.8. The third-order valence-corrected chi connectivity index (χ3v) is 1.95. The summed E-state index contributed by atoms with van der Waals surface area (Å²) >= 11 is 0. The molecule has 0 bridgehead atoms. The van der Waals surface area contributed by atoms with Crippen molar-refractivity contribution in [3.8, 4) is 0 Å². The standard InChI is InChI=1S/C9H21NO2/c1-8(2)9(3)10-4-6-12-7-5-11/h8-11H,4-7H2,1-3H3. The van der Waals surface area contributed by atoms with Crippen molar-refractivity contribution < 1.29 is 9.84 Å². The summed E-state index contributed by atoms with van der Waals surface area (Å²) in [5.74, 6) is 0.655. The van der Waals surface area contributed by atoms with E-state index in [2.05, 4.69) is 26.1 Å². The highest BCUT2D eigenvalue weighted by Crippen LogP contribution is 1.98. The number of hydrogen-bond donors (Lipinski definition) is 2. The molecule has 0 aromatic heterocycles. The molecular formula is C9H21NO2. The minimum absolute atomic E-state index is 0.111. The third-order valence-electron chi connectivity index (χ3n) is 1.95. The van der Waals surface area contributed by atoms with Crippen LogP contribution in [0.2, 0.25) is 0 Å². The molecule has 0 aromatic carbocycles. The van der Waals surface area contributed by atoms with E-state index in [1.165, 1.54) is 0 Å². The van der Waals surface area contributed by atoms with Crippen molar-refractivity contribution in [3.05, 3.63) is 0 Å². The Balaban J connectivity index is 3.08. The Morgan fingerprint density at radius 3 is 2.42 bits per heavy atom. The zero-order valence-corrected chi connectivity index (χ0v) is 8.34. The number of rotatable bonds is 7. The molecule has 2 N–H and O–H groups in total. The lowest BCUT2D eigenvalue weighted by Gasteiger charge is -2.17. The molecule has 1 atom stereocenters. The molecule has 74 valence electrons. The van der Waals surface area contributed by atoms with Crippen LogP contribution in [0.5, 0.6) is 0 Å². The first-order valence-corrected chi connectivity index (χ1v) is 4.60. The van der Waals surface area contributed by atoms with E-state index in [1.807, 2.05) is 0 Å². The van der Waals surface area contributed by atoms with Gasteiger partial charge in [0, 0.05) is 12.6 Å². The minimum Gasteiger partial charge on any atom is -0.394 e. The van der Waals surface area contributed by atoms with Gasteiger partial charge < -0.3 is 15.2 Å². The highest BCUT2D eigenvalue weighted by molar-refractivity contribution is 4.63. The molecule has 0 rings (SSSR count). The second-order valence-corrected chi connectivity index (χ2v) is 3.32. The number of ether oxygens (including phenoxy) is 1. The zero-order valence-electron chi connectivity index (χ0n) is 8.34. The zero-order chi connectivity index (χ0) is 9.40. The topological polar surface area (TPSA) is 41.5 Å². The highest BCUT2D eigenvalue weighted by atomic mass is 16.5. The summed E-state index contributed by atoms with van der Waals surface area (Å²) < 4.78 is 5.10. The van der Waals surface area contributed by atoms with Crippen molar-refractivity contribution in [2.75, 3.05) is 26.4 Å². The summed E-state index contributed by atoms with van der Waals surface area (Å²) in [7, 11) is 0. The summed E-state index contributed by atoms with van der Waals surface area (Å²) in [6, 6.07) is 0.530. The Hall–Kier alpha value is -0.120. The second kappa shape index (κ2) is 7.53. The van der Waals surface area contributed by atoms with E-state index in [1.54, 1.807) is 0 Å². The van der Waals surface area contributed by atoms with E-state index in [4.69, 9.17) is 9.84 Å². The molecule has 0 spiro atoms. The molecular weight excluding hydrogens is 154 g/mol. The van der Waals surface area contributed by atoms with Gasteiger partial charge in [0.05, 0.1) is 19.8 Å². The molecule has 0 amide bonds. The van der Waals surface area contributed by atoms with E-state index in [0.717, 1.165) is 6.54 Å². The van der Waals surface area contributed by atoms with E-state index < -0.39 is 0 Å². The molecule has 0 saturated carbocycles. The van der Waals surface area contributed by atoms with Gasteiger partial charge in [-0.25, -0.2) is 0 Å². The molecule has 0 saturated heterocycles. The fraction of sp³-hybridized carbons (Fsp3) is 1.00. The Bertz CT molecular complexity index is 96.5. The molecule has 0 aromatic rings. The van der Waals surface area contributed by atoms with Gasteiger partial charge in [0.1, 0.15) is 0 Å². The van der Waals surface area contributed by atoms with E-state index in [0.29, 0.717) is 25.2 Å². The average molecular weight is 175 g/mol. The average Bonchev–Trinajstić information content (AvgIpc) is 2.03. The lowest BCUT2D eigenvalue weighted by Crippen LogP contribution is -2.33. The van der Waals surface area contributed by atoms with Crippen LogP contribution in [0.25, 0.3) is 0 Å². The second-order valence-electron chi connectivity index (χ2n) is 3.32. The van der Waals surface area contributed by atoms with Crippen LogP contribution in [-0.2, 0) is 4.74 Å². The van der Waals surface area contributed by atoms with Crippen LogP contribution >= 0.6 is 0 Å². The van der Waals surface area contributed by atoms with Crippen molar-refractivity contribution in [2.24, 2.45) is 5.92 Å². The van der Waals surface area contributed by atoms with Gasteiger partial charge in [0.15, 0.2) is 0 Å². The quantitative estimate of drug-likeness (QED) is 0.558. The van der Waals surface area contributed by atoms with Crippen molar-refractivity contribution in [1.29, 1.82) is 0 Å². The van der Waals surface area contributed by atoms with Gasteiger partial charge in [-0.1, -0.05) is 13.8 Å². The third kappa shape index (κ3) is 6.58. The first-order valence-electron chi connectivity index (χ1n) is 4.60. The lowest BCUT2D eigenvalue weighted by atomic mass is 10.1. The van der Waals surface area contributed by atoms with Crippen LogP contribution < -0.4 is 5.32 Å². The Morgan fingerprint density at radius 2 is 1.92 bits per heavy atom. The first-order chi connectivity index (χ1) is 5.68. The fourth-order valence-electron chi connectivity index (χ4n) is 0.761. The van der Waals surface area contributed by atoms with Crippen LogP contribution in [0.3, 0.4) is 0 Å². The van der Waals surface area contributed by atoms with Gasteiger partial charge >= 0.3 is 0 Å². The van der Waals surface area contributed by atoms with E-state index in [9.17, 15) is 0 Å². The summed E-state index contributed by atoms with van der Waals surface area (Å²) in [5, 5.41) is 11.8. The largest absolute Gasteiger partial charge is 0.394 e. The predicted octanol–water partition coefficient (Wildman–Crippen LogP) is 0.629. The molecule has 3 heteroatoms. The minimum atomic E-state index is 0.111. The molecule has 1 unspecified atom stereocenters. The summed E-state index contributed by atoms with van der Waals surface area (Å²) in [6.45, 7) is 8.63. The van der Waals surface area contributed by atoms with Crippen LogP contribution in [0.4, 0.5) is 0 Å². The maximum Gasteiger partial charge on any atom is 0.0698 e. The van der Waals surface area contributed by atoms with Crippen molar-refractivity contribution in [1.82, 2.24) is 5.32 Å². The maximum atomic E-state index is 8.42. The Kier molecular flexibility index (Phi) is 7.45. The van der Waals surface area contributed by atoms with E-state index in [-0.39, 0.29) is 6.61 Å². The SMILES string of the molecule is CC(C)C(C)NCCOCCO. The monoisotopic (exact) mass is 175 g/mol. The van der Waals surface area contributed by atoms with Gasteiger partial charge in [0.25, 0.3) is 0 Å². The smallest absolute Gasteiger partial charge is 0.0698 e. The highest BCUT2D eigenvalue weighted by Gasteiger charge is 2.04. The van der Waals surface area contributed by atoms with Crippen LogP contribution in [-0.4, -0.2) is 37.5 Å². The maximum absolute atomic E-state index is 8.42. The Labute approximate surface area is 75.1 Å². The molecule has 3 nitrogen and oxygen atoms in total. The fourth-order valence-corrected chi connectivity index (χ4v) is 0.761. The Morgan fingerprint density at radius 1 is 1.25 bits per heavy atom. The number of aliphatic hydroxyl groups is 1. The molecule has 0 radical (unpaired) electrons. The lowest BCUT2D eigenvalue weighted by molar-refractivity contribution is 0.0920. The summed E-state index contributed by atoms with van der Waals surface area (Å²) in [5.41, 5.74) is 0. The van der Waals surface area contributed by atoms with Gasteiger partial charge in [-0.3, -0.25) is 0 Å². The van der Waals surface area contributed by atoms with Crippen molar-refractivity contribution in [3.63, 3.8) is 0 Å². The molecule has 0 heterocycles. The van der Waals surface area contributed by atoms with E-state index >= 15 is 0 Å². The van der Waals surface area contributed by atoms with Crippen molar-refractivity contribution in [2.45, 2.75) is 26.8 Å². The first kappa shape index (κ1) is 11.9. The summed E-state index contributed by atoms with van der Waals surface area (Å²) in [6.07, 6.45) is 0. The van der Waals surface area contributed by atoms with Crippen LogP contribution in [0.15, 0.2) is 0 Å². The van der Waals surface area contributed by atoms with Crippen LogP contribution in [0, 0.1) is 5.92 Å². The van der Waals surface area contributed by atoms with Gasteiger partial charge in [-0.15, -0.1) is 0 Å². The predicted molar refractivity (Wildman–Crippen MR) is 50.2 cm³/mol. The number of hydrogen-bond acceptors (Lipinski definition) is 3. The van der Waals surface area contributed by atoms with Gasteiger partial charge in [0.2, 0.25) is 0 Å². The van der Waals surface area contributed by atoms with Gasteiger partial charge in [-0.2, -0.15) is 0 Å².